The molecule has 0 radical (unpaired) electrons. The maximum absolute atomic E-state index is 9.90. The first-order valence-corrected chi connectivity index (χ1v) is 6.40. The van der Waals surface area contributed by atoms with Gasteiger partial charge in [0, 0.05) is 0 Å². The molecule has 0 aliphatic rings. The molecular formula is C12H27NO6. The van der Waals surface area contributed by atoms with Crippen LogP contribution in [0.15, 0.2) is 0 Å². The van der Waals surface area contributed by atoms with Gasteiger partial charge in [0.2, 0.25) is 0 Å². The van der Waals surface area contributed by atoms with Crippen LogP contribution < -0.4 is 0 Å². The molecule has 0 bridgehead atoms. The highest BCUT2D eigenvalue weighted by Gasteiger charge is 2.29. The topological polar surface area (TPSA) is 121 Å². The van der Waals surface area contributed by atoms with Gasteiger partial charge in [-0.25, -0.2) is 0 Å². The maximum atomic E-state index is 9.90. The lowest BCUT2D eigenvalue weighted by atomic mass is 10.0. The fourth-order valence-electron chi connectivity index (χ4n) is 1.29. The molecule has 5 N–H and O–H groups in total. The highest BCUT2D eigenvalue weighted by Crippen LogP contribution is 2.02. The van der Waals surface area contributed by atoms with Gasteiger partial charge in [-0.15, -0.1) is 0 Å². The SMILES string of the molecule is CCN(CC)CC.O=C[C@H](O)[C@@H](O)[C@H](O)[C@H](O)CO. The van der Waals surface area contributed by atoms with Crippen molar-refractivity contribution in [3.8, 4) is 0 Å². The molecule has 7 heteroatoms. The van der Waals surface area contributed by atoms with E-state index < -0.39 is 31.0 Å². The summed E-state index contributed by atoms with van der Waals surface area (Å²) in [6, 6.07) is 0. The number of carbonyl (C=O) groups excluding carboxylic acids is 1. The van der Waals surface area contributed by atoms with E-state index >= 15 is 0 Å². The summed E-state index contributed by atoms with van der Waals surface area (Å²) in [5.41, 5.74) is 0. The minimum atomic E-state index is -1.79. The van der Waals surface area contributed by atoms with Gasteiger partial charge < -0.3 is 35.2 Å². The van der Waals surface area contributed by atoms with Crippen LogP contribution in [-0.4, -0.2) is 87.4 Å². The van der Waals surface area contributed by atoms with Gasteiger partial charge >= 0.3 is 0 Å². The van der Waals surface area contributed by atoms with Crippen LogP contribution in [0, 0.1) is 0 Å². The van der Waals surface area contributed by atoms with E-state index in [1.807, 2.05) is 0 Å². The van der Waals surface area contributed by atoms with Crippen molar-refractivity contribution in [3.63, 3.8) is 0 Å². The van der Waals surface area contributed by atoms with Crippen LogP contribution in [0.2, 0.25) is 0 Å². The van der Waals surface area contributed by atoms with Crippen LogP contribution >= 0.6 is 0 Å². The zero-order chi connectivity index (χ0) is 15.4. The lowest BCUT2D eigenvalue weighted by Crippen LogP contribution is -2.46. The number of aliphatic hydroxyl groups excluding tert-OH is 5. The van der Waals surface area contributed by atoms with E-state index in [-0.39, 0.29) is 6.29 Å². The van der Waals surface area contributed by atoms with Gasteiger partial charge in [0.15, 0.2) is 6.29 Å². The summed E-state index contributed by atoms with van der Waals surface area (Å²) in [6.45, 7) is 9.36. The van der Waals surface area contributed by atoms with Crippen molar-refractivity contribution in [2.45, 2.75) is 45.2 Å². The number of nitrogens with zero attached hydrogens (tertiary/aromatic N) is 1. The van der Waals surface area contributed by atoms with Crippen LogP contribution in [0.4, 0.5) is 0 Å². The number of hydrogen-bond acceptors (Lipinski definition) is 7. The van der Waals surface area contributed by atoms with Gasteiger partial charge in [-0.1, -0.05) is 20.8 Å². The predicted molar refractivity (Wildman–Crippen MR) is 70.6 cm³/mol. The van der Waals surface area contributed by atoms with Crippen molar-refractivity contribution < 1.29 is 30.3 Å². The summed E-state index contributed by atoms with van der Waals surface area (Å²) >= 11 is 0. The number of aliphatic hydroxyl groups is 5. The number of carbonyl (C=O) groups is 1. The van der Waals surface area contributed by atoms with Gasteiger partial charge in [0.05, 0.1) is 6.61 Å². The van der Waals surface area contributed by atoms with Gasteiger partial charge in [-0.05, 0) is 19.6 Å². The molecule has 0 aliphatic heterocycles. The standard InChI is InChI=1S/C6H15N.C6H12O6/c1-4-7(5-2)6-3;7-1-3(9)5(11)6(12)4(10)2-8/h4-6H2,1-3H3;1,3-6,8-12H,2H2/t;3-,4+,5+,6+/m.0/s1. The molecule has 4 atom stereocenters. The average Bonchev–Trinajstić information content (AvgIpc) is 2.46. The fraction of sp³-hybridized carbons (Fsp3) is 0.917. The second kappa shape index (κ2) is 12.5. The summed E-state index contributed by atoms with van der Waals surface area (Å²) in [4.78, 5) is 12.3. The first-order chi connectivity index (χ1) is 8.89. The van der Waals surface area contributed by atoms with Crippen LogP contribution in [0.25, 0.3) is 0 Å². The molecule has 0 aromatic rings. The van der Waals surface area contributed by atoms with Crippen molar-refractivity contribution in [2.75, 3.05) is 26.2 Å². The van der Waals surface area contributed by atoms with Gasteiger partial charge in [-0.3, -0.25) is 0 Å². The Morgan fingerprint density at radius 2 is 1.37 bits per heavy atom. The third-order valence-electron chi connectivity index (χ3n) is 2.76. The van der Waals surface area contributed by atoms with E-state index in [1.54, 1.807) is 0 Å². The summed E-state index contributed by atoms with van der Waals surface area (Å²) in [5.74, 6) is 0. The molecule has 0 aromatic carbocycles. The molecule has 0 fully saturated rings. The summed E-state index contributed by atoms with van der Waals surface area (Å²) < 4.78 is 0. The Bertz CT molecular complexity index is 207. The van der Waals surface area contributed by atoms with Crippen molar-refractivity contribution in [2.24, 2.45) is 0 Å². The molecule has 116 valence electrons. The molecule has 0 spiro atoms. The highest BCUT2D eigenvalue weighted by atomic mass is 16.4. The second-order valence-electron chi connectivity index (χ2n) is 3.98. The van der Waals surface area contributed by atoms with E-state index in [1.165, 1.54) is 19.6 Å². The Hall–Kier alpha value is -0.570. The molecule has 0 saturated carbocycles. The Morgan fingerprint density at radius 1 is 0.947 bits per heavy atom. The average molecular weight is 281 g/mol. The molecule has 0 amide bonds. The predicted octanol–water partition coefficient (Wildman–Crippen LogP) is -2.03. The van der Waals surface area contributed by atoms with E-state index in [0.29, 0.717) is 0 Å². The lowest BCUT2D eigenvalue weighted by Gasteiger charge is -2.22. The normalized spacial score (nSPS) is 17.1. The Morgan fingerprint density at radius 3 is 1.58 bits per heavy atom. The van der Waals surface area contributed by atoms with E-state index in [2.05, 4.69) is 25.7 Å². The van der Waals surface area contributed by atoms with Crippen molar-refractivity contribution in [3.05, 3.63) is 0 Å². The minimum absolute atomic E-state index is 0.0258. The summed E-state index contributed by atoms with van der Waals surface area (Å²) in [7, 11) is 0. The quantitative estimate of drug-likeness (QED) is 0.325. The number of hydrogen-bond donors (Lipinski definition) is 5. The molecule has 0 aliphatic carbocycles. The minimum Gasteiger partial charge on any atom is -0.394 e. The number of aldehydes is 1. The Labute approximate surface area is 114 Å². The Kier molecular flexibility index (Phi) is 13.6. The first kappa shape index (κ1) is 20.7. The zero-order valence-electron chi connectivity index (χ0n) is 11.8. The van der Waals surface area contributed by atoms with Crippen LogP contribution in [0.3, 0.4) is 0 Å². The summed E-state index contributed by atoms with van der Waals surface area (Å²) in [6.07, 6.45) is -6.84. The molecule has 0 rings (SSSR count). The maximum Gasteiger partial charge on any atom is 0.151 e. The molecular weight excluding hydrogens is 254 g/mol. The second-order valence-corrected chi connectivity index (χ2v) is 3.98. The largest absolute Gasteiger partial charge is 0.394 e. The highest BCUT2D eigenvalue weighted by molar-refractivity contribution is 5.56. The molecule has 0 saturated heterocycles. The monoisotopic (exact) mass is 281 g/mol. The molecule has 7 nitrogen and oxygen atoms in total. The third kappa shape index (κ3) is 9.04. The molecule has 0 unspecified atom stereocenters. The lowest BCUT2D eigenvalue weighted by molar-refractivity contribution is -0.136. The number of rotatable bonds is 8. The first-order valence-electron chi connectivity index (χ1n) is 6.40. The summed E-state index contributed by atoms with van der Waals surface area (Å²) in [5, 5.41) is 43.5. The van der Waals surface area contributed by atoms with Gasteiger partial charge in [0.25, 0.3) is 0 Å². The van der Waals surface area contributed by atoms with Gasteiger partial charge in [-0.2, -0.15) is 0 Å². The van der Waals surface area contributed by atoms with Crippen molar-refractivity contribution >= 4 is 6.29 Å². The van der Waals surface area contributed by atoms with E-state index in [4.69, 9.17) is 25.5 Å². The van der Waals surface area contributed by atoms with E-state index in [9.17, 15) is 4.79 Å². The molecule has 0 heterocycles. The van der Waals surface area contributed by atoms with Gasteiger partial charge in [0.1, 0.15) is 24.4 Å². The van der Waals surface area contributed by atoms with E-state index in [0.717, 1.165) is 0 Å². The smallest absolute Gasteiger partial charge is 0.151 e. The fourth-order valence-corrected chi connectivity index (χ4v) is 1.29. The third-order valence-corrected chi connectivity index (χ3v) is 2.76. The zero-order valence-corrected chi connectivity index (χ0v) is 11.8. The van der Waals surface area contributed by atoms with Crippen LogP contribution in [0.1, 0.15) is 20.8 Å². The Balaban J connectivity index is 0. The van der Waals surface area contributed by atoms with Crippen molar-refractivity contribution in [1.29, 1.82) is 0 Å². The molecule has 19 heavy (non-hydrogen) atoms. The van der Waals surface area contributed by atoms with Crippen molar-refractivity contribution in [1.82, 2.24) is 4.90 Å². The van der Waals surface area contributed by atoms with Crippen LogP contribution in [-0.2, 0) is 4.79 Å². The van der Waals surface area contributed by atoms with Crippen LogP contribution in [0.5, 0.6) is 0 Å². The molecule has 0 aromatic heterocycles.